The molecule has 3 heterocycles. The number of nitrogens with zero attached hydrogens (tertiary/aromatic N) is 1. The Hall–Kier alpha value is -2.63. The number of carbonyl (C=O) groups excluding carboxylic acids is 2. The van der Waals surface area contributed by atoms with Crippen molar-refractivity contribution in [2.24, 2.45) is 5.92 Å². The van der Waals surface area contributed by atoms with E-state index in [0.717, 1.165) is 24.6 Å². The van der Waals surface area contributed by atoms with Crippen molar-refractivity contribution in [3.8, 4) is 0 Å². The number of carbonyl (C=O) groups is 2. The molecule has 2 saturated heterocycles. The summed E-state index contributed by atoms with van der Waals surface area (Å²) in [6.45, 7) is 0.921. The zero-order chi connectivity index (χ0) is 16.7. The smallest absolute Gasteiger partial charge is 0.254 e. The van der Waals surface area contributed by atoms with Crippen LogP contribution in [0.15, 0.2) is 35.1 Å². The van der Waals surface area contributed by atoms with Gasteiger partial charge in [0.1, 0.15) is 0 Å². The largest absolute Gasteiger partial charge is 0.351 e. The summed E-state index contributed by atoms with van der Waals surface area (Å²) in [5, 5.41) is 3.76. The molecule has 2 bridgehead atoms. The summed E-state index contributed by atoms with van der Waals surface area (Å²) >= 11 is 0. The average molecular weight is 325 g/mol. The summed E-state index contributed by atoms with van der Waals surface area (Å²) in [5.41, 5.74) is 0.764. The fraction of sp³-hybridized carbons (Fsp3) is 0.389. The second kappa shape index (κ2) is 5.78. The van der Waals surface area contributed by atoms with Crippen molar-refractivity contribution in [3.63, 3.8) is 0 Å². The quantitative estimate of drug-likeness (QED) is 0.828. The van der Waals surface area contributed by atoms with Gasteiger partial charge in [0.15, 0.2) is 0 Å². The van der Waals surface area contributed by atoms with Crippen molar-refractivity contribution < 1.29 is 9.59 Å². The first-order valence-electron chi connectivity index (χ1n) is 8.33. The summed E-state index contributed by atoms with van der Waals surface area (Å²) in [6, 6.07) is 8.66. The second-order valence-corrected chi connectivity index (χ2v) is 6.64. The molecule has 2 aliphatic rings. The van der Waals surface area contributed by atoms with Gasteiger partial charge in [0.25, 0.3) is 5.91 Å². The molecule has 2 amide bonds. The van der Waals surface area contributed by atoms with Crippen LogP contribution < -0.4 is 10.9 Å². The maximum absolute atomic E-state index is 13.1. The number of fused-ring (bicyclic) bond motifs is 4. The third-order valence-corrected chi connectivity index (χ3v) is 4.97. The molecule has 1 aromatic heterocycles. The maximum Gasteiger partial charge on any atom is 0.254 e. The van der Waals surface area contributed by atoms with Gasteiger partial charge in [0.05, 0.1) is 11.5 Å². The molecule has 2 aliphatic heterocycles. The molecule has 0 aliphatic carbocycles. The van der Waals surface area contributed by atoms with Gasteiger partial charge in [-0.1, -0.05) is 24.6 Å². The van der Waals surface area contributed by atoms with Gasteiger partial charge in [-0.3, -0.25) is 14.4 Å². The first-order valence-corrected chi connectivity index (χ1v) is 8.33. The zero-order valence-corrected chi connectivity index (χ0v) is 13.2. The van der Waals surface area contributed by atoms with Crippen molar-refractivity contribution in [1.82, 2.24) is 15.2 Å². The third-order valence-electron chi connectivity index (χ3n) is 4.97. The Balaban J connectivity index is 1.74. The maximum atomic E-state index is 13.1. The number of rotatable bonds is 1. The molecule has 1 aromatic carbocycles. The van der Waals surface area contributed by atoms with Gasteiger partial charge < -0.3 is 15.2 Å². The molecule has 6 heteroatoms. The molecule has 2 fully saturated rings. The van der Waals surface area contributed by atoms with E-state index in [4.69, 9.17) is 0 Å². The Morgan fingerprint density at radius 3 is 2.83 bits per heavy atom. The van der Waals surface area contributed by atoms with Crippen LogP contribution >= 0.6 is 0 Å². The zero-order valence-electron chi connectivity index (χ0n) is 13.2. The van der Waals surface area contributed by atoms with Crippen molar-refractivity contribution >= 4 is 22.7 Å². The van der Waals surface area contributed by atoms with Gasteiger partial charge >= 0.3 is 0 Å². The third kappa shape index (κ3) is 2.58. The Bertz CT molecular complexity index is 873. The number of benzene rings is 1. The Labute approximate surface area is 138 Å². The van der Waals surface area contributed by atoms with E-state index in [9.17, 15) is 14.4 Å². The highest BCUT2D eigenvalue weighted by molar-refractivity contribution is 6.06. The summed E-state index contributed by atoms with van der Waals surface area (Å²) in [4.78, 5) is 41.7. The number of aromatic nitrogens is 1. The van der Waals surface area contributed by atoms with Crippen LogP contribution in [0.5, 0.6) is 0 Å². The number of pyridine rings is 1. The summed E-state index contributed by atoms with van der Waals surface area (Å²) < 4.78 is 0. The summed E-state index contributed by atoms with van der Waals surface area (Å²) in [6.07, 6.45) is 2.70. The van der Waals surface area contributed by atoms with Gasteiger partial charge in [-0.2, -0.15) is 0 Å². The molecule has 0 saturated carbocycles. The number of para-hydroxylation sites is 1. The lowest BCUT2D eigenvalue weighted by Gasteiger charge is -2.28. The van der Waals surface area contributed by atoms with Crippen molar-refractivity contribution in [1.29, 1.82) is 0 Å². The molecular formula is C18H19N3O3. The minimum atomic E-state index is -0.290. The number of nitrogens with one attached hydrogen (secondary N) is 2. The van der Waals surface area contributed by atoms with E-state index in [-0.39, 0.29) is 29.3 Å². The molecule has 24 heavy (non-hydrogen) atoms. The number of H-pyrrole nitrogens is 1. The highest BCUT2D eigenvalue weighted by Crippen LogP contribution is 2.24. The molecule has 2 aromatic rings. The molecule has 2 atom stereocenters. The molecule has 4 rings (SSSR count). The van der Waals surface area contributed by atoms with E-state index in [1.54, 1.807) is 11.0 Å². The number of hydrogen-bond acceptors (Lipinski definition) is 3. The van der Waals surface area contributed by atoms with Crippen LogP contribution in [-0.2, 0) is 4.79 Å². The lowest BCUT2D eigenvalue weighted by atomic mass is 9.98. The van der Waals surface area contributed by atoms with E-state index in [1.165, 1.54) is 6.07 Å². The molecule has 0 spiro atoms. The highest BCUT2D eigenvalue weighted by atomic mass is 16.2. The Morgan fingerprint density at radius 1 is 1.12 bits per heavy atom. The SMILES string of the molecule is O=C1N[C@H]2CCC[C@H]1CN(C(=O)c1cc(=O)[nH]c3ccccc13)C2. The van der Waals surface area contributed by atoms with Gasteiger partial charge in [0, 0.05) is 36.1 Å². The number of likely N-dealkylation sites (tertiary alicyclic amines) is 1. The highest BCUT2D eigenvalue weighted by Gasteiger charge is 2.35. The van der Waals surface area contributed by atoms with Crippen LogP contribution in [0, 0.1) is 5.92 Å². The summed E-state index contributed by atoms with van der Waals surface area (Å²) in [7, 11) is 0. The molecule has 0 radical (unpaired) electrons. The van der Waals surface area contributed by atoms with E-state index in [2.05, 4.69) is 10.3 Å². The predicted octanol–water partition coefficient (Wildman–Crippen LogP) is 1.27. The van der Waals surface area contributed by atoms with Crippen molar-refractivity contribution in [2.45, 2.75) is 25.3 Å². The fourth-order valence-electron chi connectivity index (χ4n) is 3.77. The number of amides is 2. The van der Waals surface area contributed by atoms with Crippen LogP contribution in [0.2, 0.25) is 0 Å². The topological polar surface area (TPSA) is 82.3 Å². The molecule has 6 nitrogen and oxygen atoms in total. The first-order chi connectivity index (χ1) is 11.6. The van der Waals surface area contributed by atoms with Crippen LogP contribution in [0.25, 0.3) is 10.9 Å². The van der Waals surface area contributed by atoms with E-state index in [1.807, 2.05) is 18.2 Å². The van der Waals surface area contributed by atoms with E-state index < -0.39 is 0 Å². The minimum absolute atomic E-state index is 0.00205. The first kappa shape index (κ1) is 14.9. The Kier molecular flexibility index (Phi) is 3.59. The van der Waals surface area contributed by atoms with E-state index >= 15 is 0 Å². The number of hydrogen-bond donors (Lipinski definition) is 2. The lowest BCUT2D eigenvalue weighted by Crippen LogP contribution is -2.42. The fourth-order valence-corrected chi connectivity index (χ4v) is 3.77. The molecule has 0 unspecified atom stereocenters. The predicted molar refractivity (Wildman–Crippen MR) is 89.7 cm³/mol. The average Bonchev–Trinajstić information content (AvgIpc) is 2.81. The van der Waals surface area contributed by atoms with Gasteiger partial charge in [-0.25, -0.2) is 0 Å². The van der Waals surface area contributed by atoms with Crippen LogP contribution in [0.3, 0.4) is 0 Å². The van der Waals surface area contributed by atoms with Crippen LogP contribution in [0.4, 0.5) is 0 Å². The molecule has 2 N–H and O–H groups in total. The minimum Gasteiger partial charge on any atom is -0.351 e. The number of aromatic amines is 1. The Morgan fingerprint density at radius 2 is 1.96 bits per heavy atom. The van der Waals surface area contributed by atoms with Crippen LogP contribution in [-0.4, -0.2) is 40.8 Å². The lowest BCUT2D eigenvalue weighted by molar-refractivity contribution is -0.124. The molecule has 124 valence electrons. The van der Waals surface area contributed by atoms with Gasteiger partial charge in [0.2, 0.25) is 11.5 Å². The van der Waals surface area contributed by atoms with Crippen molar-refractivity contribution in [2.75, 3.05) is 13.1 Å². The van der Waals surface area contributed by atoms with Crippen molar-refractivity contribution in [3.05, 3.63) is 46.2 Å². The normalized spacial score (nSPS) is 23.7. The van der Waals surface area contributed by atoms with Crippen LogP contribution in [0.1, 0.15) is 29.6 Å². The van der Waals surface area contributed by atoms with Gasteiger partial charge in [-0.05, 0) is 18.9 Å². The standard InChI is InChI=1S/C18H19N3O3/c22-16-8-14(13-6-1-2-7-15(13)20-16)18(24)21-9-11-4-3-5-12(10-21)19-17(11)23/h1-2,6-8,11-12H,3-5,9-10H2,(H,19,23)(H,20,22)/t11-,12-/m0/s1. The second-order valence-electron chi connectivity index (χ2n) is 6.64. The van der Waals surface area contributed by atoms with E-state index in [0.29, 0.717) is 24.2 Å². The molecular weight excluding hydrogens is 306 g/mol. The monoisotopic (exact) mass is 325 g/mol. The van der Waals surface area contributed by atoms with Gasteiger partial charge in [-0.15, -0.1) is 0 Å². The summed E-state index contributed by atoms with van der Waals surface area (Å²) in [5.74, 6) is -0.288.